The Labute approximate surface area is 87.7 Å². The first-order chi connectivity index (χ1) is 6.63. The summed E-state index contributed by atoms with van der Waals surface area (Å²) < 4.78 is 0. The van der Waals surface area contributed by atoms with Crippen molar-refractivity contribution in [3.8, 4) is 0 Å². The number of hydrogen-bond donors (Lipinski definition) is 1. The van der Waals surface area contributed by atoms with E-state index in [0.717, 1.165) is 38.9 Å². The average Bonchev–Trinajstić information content (AvgIpc) is 2.12. The van der Waals surface area contributed by atoms with Crippen molar-refractivity contribution in [2.45, 2.75) is 38.3 Å². The highest BCUT2D eigenvalue weighted by Crippen LogP contribution is 2.13. The van der Waals surface area contributed by atoms with Crippen LogP contribution in [-0.2, 0) is 0 Å². The molecule has 0 radical (unpaired) electrons. The highest BCUT2D eigenvalue weighted by molar-refractivity contribution is 4.80. The topological polar surface area (TPSA) is 26.7 Å². The molecule has 1 aliphatic heterocycles. The van der Waals surface area contributed by atoms with Crippen LogP contribution in [0.5, 0.6) is 0 Å². The second kappa shape index (κ2) is 5.69. The molecule has 0 aromatic heterocycles. The van der Waals surface area contributed by atoms with Gasteiger partial charge in [0.05, 0.1) is 6.10 Å². The molecule has 1 fully saturated rings. The third-order valence-corrected chi connectivity index (χ3v) is 3.15. The van der Waals surface area contributed by atoms with Gasteiger partial charge in [-0.1, -0.05) is 13.3 Å². The van der Waals surface area contributed by atoms with Gasteiger partial charge < -0.3 is 14.9 Å². The summed E-state index contributed by atoms with van der Waals surface area (Å²) in [7, 11) is 4.32. The average molecular weight is 200 g/mol. The van der Waals surface area contributed by atoms with Crippen molar-refractivity contribution in [2.24, 2.45) is 0 Å². The third kappa shape index (κ3) is 3.56. The molecule has 3 nitrogen and oxygen atoms in total. The molecule has 0 aromatic carbocycles. The lowest BCUT2D eigenvalue weighted by Crippen LogP contribution is -2.50. The number of piperazine rings is 1. The molecule has 14 heavy (non-hydrogen) atoms. The van der Waals surface area contributed by atoms with Gasteiger partial charge in [0.15, 0.2) is 0 Å². The summed E-state index contributed by atoms with van der Waals surface area (Å²) in [5, 5.41) is 9.76. The Balaban J connectivity index is 2.33. The molecule has 0 amide bonds. The Bertz CT molecular complexity index is 163. The first kappa shape index (κ1) is 12.0. The van der Waals surface area contributed by atoms with Crippen LogP contribution in [0.1, 0.15) is 26.2 Å². The zero-order valence-corrected chi connectivity index (χ0v) is 9.74. The third-order valence-electron chi connectivity index (χ3n) is 3.15. The molecule has 1 heterocycles. The van der Waals surface area contributed by atoms with Crippen LogP contribution in [0.4, 0.5) is 0 Å². The van der Waals surface area contributed by atoms with E-state index < -0.39 is 0 Å². The maximum atomic E-state index is 9.76. The molecule has 0 bridgehead atoms. The Morgan fingerprint density at radius 2 is 2.07 bits per heavy atom. The number of nitrogens with zero attached hydrogens (tertiary/aromatic N) is 2. The number of aliphatic hydroxyl groups is 1. The summed E-state index contributed by atoms with van der Waals surface area (Å²) in [5.41, 5.74) is 0. The maximum absolute atomic E-state index is 9.76. The number of rotatable bonds is 4. The van der Waals surface area contributed by atoms with E-state index in [0.29, 0.717) is 6.04 Å². The van der Waals surface area contributed by atoms with E-state index in [1.807, 2.05) is 0 Å². The SMILES string of the molecule is CCCC(O)CC1CN(C)CCN1C. The molecule has 84 valence electrons. The molecule has 0 aromatic rings. The van der Waals surface area contributed by atoms with E-state index in [9.17, 15) is 5.11 Å². The van der Waals surface area contributed by atoms with E-state index >= 15 is 0 Å². The molecular formula is C11H24N2O. The zero-order chi connectivity index (χ0) is 10.6. The van der Waals surface area contributed by atoms with Gasteiger partial charge in [0.2, 0.25) is 0 Å². The van der Waals surface area contributed by atoms with Gasteiger partial charge >= 0.3 is 0 Å². The molecule has 1 N–H and O–H groups in total. The molecule has 1 aliphatic rings. The Morgan fingerprint density at radius 1 is 1.36 bits per heavy atom. The molecule has 1 rings (SSSR count). The van der Waals surface area contributed by atoms with E-state index in [-0.39, 0.29) is 6.10 Å². The van der Waals surface area contributed by atoms with E-state index in [1.165, 1.54) is 0 Å². The summed E-state index contributed by atoms with van der Waals surface area (Å²) in [5.74, 6) is 0. The Kier molecular flexibility index (Phi) is 4.85. The number of hydrogen-bond acceptors (Lipinski definition) is 3. The Hall–Kier alpha value is -0.120. The Morgan fingerprint density at radius 3 is 2.71 bits per heavy atom. The molecule has 1 saturated heterocycles. The number of likely N-dealkylation sites (N-methyl/N-ethyl adjacent to an activating group) is 2. The van der Waals surface area contributed by atoms with Crippen LogP contribution in [0.2, 0.25) is 0 Å². The quantitative estimate of drug-likeness (QED) is 0.726. The second-order valence-corrected chi connectivity index (χ2v) is 4.57. The predicted octanol–water partition coefficient (Wildman–Crippen LogP) is 0.783. The van der Waals surface area contributed by atoms with Crippen molar-refractivity contribution >= 4 is 0 Å². The van der Waals surface area contributed by atoms with E-state index in [2.05, 4.69) is 30.8 Å². The summed E-state index contributed by atoms with van der Waals surface area (Å²) >= 11 is 0. The van der Waals surface area contributed by atoms with Crippen LogP contribution in [-0.4, -0.2) is 60.8 Å². The minimum atomic E-state index is -0.112. The zero-order valence-electron chi connectivity index (χ0n) is 9.74. The van der Waals surface area contributed by atoms with Crippen LogP contribution < -0.4 is 0 Å². The fourth-order valence-electron chi connectivity index (χ4n) is 2.12. The van der Waals surface area contributed by atoms with Gasteiger partial charge in [0, 0.05) is 25.7 Å². The van der Waals surface area contributed by atoms with Gasteiger partial charge in [-0.25, -0.2) is 0 Å². The molecule has 0 saturated carbocycles. The van der Waals surface area contributed by atoms with Crippen LogP contribution in [0, 0.1) is 0 Å². The van der Waals surface area contributed by atoms with Crippen LogP contribution in [0.25, 0.3) is 0 Å². The lowest BCUT2D eigenvalue weighted by molar-refractivity contribution is 0.0602. The standard InChI is InChI=1S/C11H24N2O/c1-4-5-11(14)8-10-9-12(2)6-7-13(10)3/h10-11,14H,4-9H2,1-3H3. The molecule has 0 aliphatic carbocycles. The van der Waals surface area contributed by atoms with Crippen molar-refractivity contribution in [1.82, 2.24) is 9.80 Å². The highest BCUT2D eigenvalue weighted by atomic mass is 16.3. The normalized spacial score (nSPS) is 27.9. The fourth-order valence-corrected chi connectivity index (χ4v) is 2.12. The summed E-state index contributed by atoms with van der Waals surface area (Å²) in [6.07, 6.45) is 2.83. The molecule has 0 spiro atoms. The maximum Gasteiger partial charge on any atom is 0.0555 e. The van der Waals surface area contributed by atoms with Crippen LogP contribution >= 0.6 is 0 Å². The van der Waals surface area contributed by atoms with Crippen molar-refractivity contribution in [2.75, 3.05) is 33.7 Å². The monoisotopic (exact) mass is 200 g/mol. The number of aliphatic hydroxyl groups excluding tert-OH is 1. The van der Waals surface area contributed by atoms with Crippen LogP contribution in [0.15, 0.2) is 0 Å². The fraction of sp³-hybridized carbons (Fsp3) is 1.00. The largest absolute Gasteiger partial charge is 0.393 e. The highest BCUT2D eigenvalue weighted by Gasteiger charge is 2.23. The summed E-state index contributed by atoms with van der Waals surface area (Å²) in [6, 6.07) is 0.537. The summed E-state index contributed by atoms with van der Waals surface area (Å²) in [4.78, 5) is 4.72. The molecule has 3 heteroatoms. The van der Waals surface area contributed by atoms with Gasteiger partial charge in [-0.3, -0.25) is 0 Å². The van der Waals surface area contributed by atoms with Crippen molar-refractivity contribution in [3.63, 3.8) is 0 Å². The van der Waals surface area contributed by atoms with Gasteiger partial charge in [0.25, 0.3) is 0 Å². The van der Waals surface area contributed by atoms with E-state index in [4.69, 9.17) is 0 Å². The van der Waals surface area contributed by atoms with Crippen molar-refractivity contribution in [3.05, 3.63) is 0 Å². The summed E-state index contributed by atoms with van der Waals surface area (Å²) in [6.45, 7) is 5.49. The predicted molar refractivity (Wildman–Crippen MR) is 59.4 cm³/mol. The van der Waals surface area contributed by atoms with Gasteiger partial charge in [-0.2, -0.15) is 0 Å². The second-order valence-electron chi connectivity index (χ2n) is 4.57. The first-order valence-electron chi connectivity index (χ1n) is 5.70. The lowest BCUT2D eigenvalue weighted by Gasteiger charge is -2.38. The van der Waals surface area contributed by atoms with Gasteiger partial charge in [0.1, 0.15) is 0 Å². The molecule has 2 atom stereocenters. The van der Waals surface area contributed by atoms with Crippen molar-refractivity contribution in [1.29, 1.82) is 0 Å². The minimum absolute atomic E-state index is 0.112. The smallest absolute Gasteiger partial charge is 0.0555 e. The lowest BCUT2D eigenvalue weighted by atomic mass is 10.0. The van der Waals surface area contributed by atoms with Crippen LogP contribution in [0.3, 0.4) is 0 Å². The first-order valence-corrected chi connectivity index (χ1v) is 5.70. The molecular weight excluding hydrogens is 176 g/mol. The van der Waals surface area contributed by atoms with Gasteiger partial charge in [-0.05, 0) is 26.9 Å². The minimum Gasteiger partial charge on any atom is -0.393 e. The van der Waals surface area contributed by atoms with Crippen molar-refractivity contribution < 1.29 is 5.11 Å². The molecule has 2 unspecified atom stereocenters. The van der Waals surface area contributed by atoms with Gasteiger partial charge in [-0.15, -0.1) is 0 Å². The van der Waals surface area contributed by atoms with E-state index in [1.54, 1.807) is 0 Å².